The van der Waals surface area contributed by atoms with Crippen LogP contribution in [0.5, 0.6) is 0 Å². The maximum Gasteiger partial charge on any atom is 0.278 e. The molecule has 0 saturated carbocycles. The molecule has 0 amide bonds. The first-order valence-electron chi connectivity index (χ1n) is 5.55. The SMILES string of the molecule is CCN(CC)c1noc(-c2ccc(N)cn2)n1. The molecule has 2 rings (SSSR count). The topological polar surface area (TPSA) is 81.1 Å². The lowest BCUT2D eigenvalue weighted by Gasteiger charge is -2.14. The highest BCUT2D eigenvalue weighted by atomic mass is 16.5. The van der Waals surface area contributed by atoms with Crippen molar-refractivity contribution in [1.82, 2.24) is 15.1 Å². The van der Waals surface area contributed by atoms with Gasteiger partial charge >= 0.3 is 0 Å². The molecule has 0 aliphatic carbocycles. The highest BCUT2D eigenvalue weighted by Crippen LogP contribution is 2.18. The molecule has 0 aliphatic rings. The minimum Gasteiger partial charge on any atom is -0.397 e. The molecule has 0 atom stereocenters. The summed E-state index contributed by atoms with van der Waals surface area (Å²) in [4.78, 5) is 10.4. The van der Waals surface area contributed by atoms with Gasteiger partial charge in [-0.15, -0.1) is 0 Å². The fraction of sp³-hybridized carbons (Fsp3) is 0.364. The molecule has 2 aromatic heterocycles. The van der Waals surface area contributed by atoms with Crippen LogP contribution in [0.3, 0.4) is 0 Å². The number of aromatic nitrogens is 3. The predicted octanol–water partition coefficient (Wildman–Crippen LogP) is 1.56. The van der Waals surface area contributed by atoms with E-state index in [-0.39, 0.29) is 0 Å². The van der Waals surface area contributed by atoms with Gasteiger partial charge in [0.15, 0.2) is 0 Å². The van der Waals surface area contributed by atoms with Crippen molar-refractivity contribution in [2.75, 3.05) is 23.7 Å². The largest absolute Gasteiger partial charge is 0.397 e. The van der Waals surface area contributed by atoms with Gasteiger partial charge in [0.2, 0.25) is 0 Å². The first-order chi connectivity index (χ1) is 8.24. The molecule has 17 heavy (non-hydrogen) atoms. The van der Waals surface area contributed by atoms with Crippen LogP contribution >= 0.6 is 0 Å². The Morgan fingerprint density at radius 1 is 1.29 bits per heavy atom. The molecule has 0 saturated heterocycles. The molecule has 0 fully saturated rings. The third kappa shape index (κ3) is 2.35. The van der Waals surface area contributed by atoms with Gasteiger partial charge in [-0.3, -0.25) is 0 Å². The molecule has 0 unspecified atom stereocenters. The Morgan fingerprint density at radius 3 is 2.65 bits per heavy atom. The number of hydrogen-bond donors (Lipinski definition) is 1. The van der Waals surface area contributed by atoms with Crippen LogP contribution in [0.15, 0.2) is 22.9 Å². The summed E-state index contributed by atoms with van der Waals surface area (Å²) in [6.07, 6.45) is 1.57. The van der Waals surface area contributed by atoms with Gasteiger partial charge in [-0.05, 0) is 31.1 Å². The van der Waals surface area contributed by atoms with E-state index >= 15 is 0 Å². The Balaban J connectivity index is 2.26. The van der Waals surface area contributed by atoms with Crippen molar-refractivity contribution in [2.24, 2.45) is 0 Å². The average molecular weight is 233 g/mol. The lowest BCUT2D eigenvalue weighted by molar-refractivity contribution is 0.428. The summed E-state index contributed by atoms with van der Waals surface area (Å²) in [6, 6.07) is 3.51. The van der Waals surface area contributed by atoms with Crippen molar-refractivity contribution in [3.63, 3.8) is 0 Å². The standard InChI is InChI=1S/C11H15N5O/c1-3-16(4-2)11-14-10(17-15-11)9-6-5-8(12)7-13-9/h5-7H,3-4,12H2,1-2H3. The lowest BCUT2D eigenvalue weighted by atomic mass is 10.3. The Kier molecular flexibility index (Phi) is 3.22. The zero-order valence-corrected chi connectivity index (χ0v) is 9.92. The molecule has 2 aromatic rings. The van der Waals surface area contributed by atoms with Crippen molar-refractivity contribution in [3.05, 3.63) is 18.3 Å². The predicted molar refractivity (Wildman–Crippen MR) is 65.5 cm³/mol. The first kappa shape index (κ1) is 11.4. The van der Waals surface area contributed by atoms with Crippen LogP contribution in [0, 0.1) is 0 Å². The van der Waals surface area contributed by atoms with E-state index in [4.69, 9.17) is 10.3 Å². The van der Waals surface area contributed by atoms with E-state index in [1.807, 2.05) is 18.7 Å². The van der Waals surface area contributed by atoms with Crippen molar-refractivity contribution in [3.8, 4) is 11.6 Å². The number of hydrogen-bond acceptors (Lipinski definition) is 6. The lowest BCUT2D eigenvalue weighted by Crippen LogP contribution is -2.22. The Morgan fingerprint density at radius 2 is 2.06 bits per heavy atom. The Labute approximate surface area is 99.5 Å². The second kappa shape index (κ2) is 4.82. The molecular weight excluding hydrogens is 218 g/mol. The number of nitrogens with two attached hydrogens (primary N) is 1. The van der Waals surface area contributed by atoms with Crippen LogP contribution in [-0.2, 0) is 0 Å². The zero-order valence-electron chi connectivity index (χ0n) is 9.92. The molecule has 2 heterocycles. The number of nitrogen functional groups attached to an aromatic ring is 1. The number of nitrogens with zero attached hydrogens (tertiary/aromatic N) is 4. The average Bonchev–Trinajstić information content (AvgIpc) is 2.81. The van der Waals surface area contributed by atoms with Gasteiger partial charge in [-0.25, -0.2) is 4.98 Å². The monoisotopic (exact) mass is 233 g/mol. The molecular formula is C11H15N5O. The molecule has 6 nitrogen and oxygen atoms in total. The van der Waals surface area contributed by atoms with E-state index in [0.717, 1.165) is 13.1 Å². The summed E-state index contributed by atoms with van der Waals surface area (Å²) in [7, 11) is 0. The highest BCUT2D eigenvalue weighted by Gasteiger charge is 2.13. The van der Waals surface area contributed by atoms with Crippen LogP contribution in [0.2, 0.25) is 0 Å². The fourth-order valence-electron chi connectivity index (χ4n) is 1.49. The van der Waals surface area contributed by atoms with Crippen LogP contribution in [0.1, 0.15) is 13.8 Å². The first-order valence-corrected chi connectivity index (χ1v) is 5.55. The number of rotatable bonds is 4. The van der Waals surface area contributed by atoms with E-state index in [1.54, 1.807) is 18.3 Å². The van der Waals surface area contributed by atoms with E-state index in [1.165, 1.54) is 0 Å². The van der Waals surface area contributed by atoms with Gasteiger partial charge in [-0.1, -0.05) is 0 Å². The van der Waals surface area contributed by atoms with E-state index in [2.05, 4.69) is 15.1 Å². The van der Waals surface area contributed by atoms with Gasteiger partial charge in [0.1, 0.15) is 5.69 Å². The van der Waals surface area contributed by atoms with Crippen LogP contribution in [-0.4, -0.2) is 28.2 Å². The third-order valence-corrected chi connectivity index (χ3v) is 2.47. The van der Waals surface area contributed by atoms with Gasteiger partial charge in [-0.2, -0.15) is 4.98 Å². The van der Waals surface area contributed by atoms with Crippen LogP contribution in [0.4, 0.5) is 11.6 Å². The zero-order chi connectivity index (χ0) is 12.3. The molecule has 90 valence electrons. The fourth-order valence-corrected chi connectivity index (χ4v) is 1.49. The second-order valence-corrected chi connectivity index (χ2v) is 3.55. The molecule has 6 heteroatoms. The Hall–Kier alpha value is -2.11. The normalized spacial score (nSPS) is 10.5. The molecule has 0 aliphatic heterocycles. The minimum absolute atomic E-state index is 0.409. The molecule has 2 N–H and O–H groups in total. The van der Waals surface area contributed by atoms with E-state index in [0.29, 0.717) is 23.2 Å². The summed E-state index contributed by atoms with van der Waals surface area (Å²) in [5, 5.41) is 3.93. The summed E-state index contributed by atoms with van der Waals surface area (Å²) in [5.74, 6) is 0.996. The Bertz CT molecular complexity index is 475. The molecule has 0 spiro atoms. The van der Waals surface area contributed by atoms with Gasteiger partial charge in [0.25, 0.3) is 11.8 Å². The maximum atomic E-state index is 5.56. The summed E-state index contributed by atoms with van der Waals surface area (Å²) in [6.45, 7) is 5.76. The van der Waals surface area contributed by atoms with Gasteiger partial charge < -0.3 is 15.2 Å². The number of pyridine rings is 1. The smallest absolute Gasteiger partial charge is 0.278 e. The van der Waals surface area contributed by atoms with E-state index in [9.17, 15) is 0 Å². The minimum atomic E-state index is 0.409. The molecule has 0 radical (unpaired) electrons. The van der Waals surface area contributed by atoms with Gasteiger partial charge in [0, 0.05) is 13.1 Å². The highest BCUT2D eigenvalue weighted by molar-refractivity contribution is 5.52. The van der Waals surface area contributed by atoms with Crippen molar-refractivity contribution in [2.45, 2.75) is 13.8 Å². The summed E-state index contributed by atoms with van der Waals surface area (Å²) < 4.78 is 5.17. The van der Waals surface area contributed by atoms with Crippen LogP contribution in [0.25, 0.3) is 11.6 Å². The molecule has 0 bridgehead atoms. The van der Waals surface area contributed by atoms with Crippen molar-refractivity contribution < 1.29 is 4.52 Å². The van der Waals surface area contributed by atoms with Crippen molar-refractivity contribution >= 4 is 11.6 Å². The van der Waals surface area contributed by atoms with Gasteiger partial charge in [0.05, 0.1) is 11.9 Å². The quantitative estimate of drug-likeness (QED) is 0.863. The maximum absolute atomic E-state index is 5.56. The van der Waals surface area contributed by atoms with E-state index < -0.39 is 0 Å². The summed E-state index contributed by atoms with van der Waals surface area (Å²) >= 11 is 0. The van der Waals surface area contributed by atoms with Crippen LogP contribution < -0.4 is 10.6 Å². The second-order valence-electron chi connectivity index (χ2n) is 3.55. The third-order valence-electron chi connectivity index (χ3n) is 2.47. The number of anilines is 2. The summed E-state index contributed by atoms with van der Waals surface area (Å²) in [5.41, 5.74) is 6.80. The van der Waals surface area contributed by atoms with Crippen molar-refractivity contribution in [1.29, 1.82) is 0 Å². The molecule has 0 aromatic carbocycles.